The molecule has 0 fully saturated rings. The largest absolute Gasteiger partial charge is 0.493 e. The average molecular weight is 378 g/mol. The predicted octanol–water partition coefficient (Wildman–Crippen LogP) is 3.93. The van der Waals surface area contributed by atoms with Crippen molar-refractivity contribution in [1.29, 1.82) is 0 Å². The molecule has 0 unspecified atom stereocenters. The highest BCUT2D eigenvalue weighted by molar-refractivity contribution is 6.30. The van der Waals surface area contributed by atoms with Crippen molar-refractivity contribution in [1.82, 2.24) is 0 Å². The fourth-order valence-electron chi connectivity index (χ4n) is 2.16. The number of carbonyl (C=O) groups is 2. The van der Waals surface area contributed by atoms with Gasteiger partial charge in [0, 0.05) is 10.7 Å². The van der Waals surface area contributed by atoms with Crippen LogP contribution in [0.5, 0.6) is 11.5 Å². The number of benzene rings is 2. The minimum Gasteiger partial charge on any atom is -0.493 e. The van der Waals surface area contributed by atoms with Gasteiger partial charge in [-0.15, -0.1) is 0 Å². The van der Waals surface area contributed by atoms with Crippen LogP contribution in [0.25, 0.3) is 0 Å². The fraction of sp³-hybridized carbons (Fsp3) is 0.263. The van der Waals surface area contributed by atoms with Gasteiger partial charge in [0.15, 0.2) is 17.6 Å². The van der Waals surface area contributed by atoms with Gasteiger partial charge >= 0.3 is 5.97 Å². The summed E-state index contributed by atoms with van der Waals surface area (Å²) in [7, 11) is 1.48. The van der Waals surface area contributed by atoms with Crippen LogP contribution in [0.3, 0.4) is 0 Å². The molecule has 0 aliphatic heterocycles. The van der Waals surface area contributed by atoms with Crippen LogP contribution in [-0.4, -0.2) is 31.7 Å². The maximum Gasteiger partial charge on any atom is 0.339 e. The van der Waals surface area contributed by atoms with Crippen LogP contribution >= 0.6 is 11.6 Å². The van der Waals surface area contributed by atoms with Crippen molar-refractivity contribution >= 4 is 29.2 Å². The van der Waals surface area contributed by atoms with Crippen molar-refractivity contribution in [3.05, 3.63) is 53.1 Å². The zero-order chi connectivity index (χ0) is 19.1. The molecule has 138 valence electrons. The number of rotatable bonds is 7. The maximum absolute atomic E-state index is 12.3. The van der Waals surface area contributed by atoms with Gasteiger partial charge in [-0.2, -0.15) is 0 Å². The quantitative estimate of drug-likeness (QED) is 0.740. The first-order valence-electron chi connectivity index (χ1n) is 8.02. The van der Waals surface area contributed by atoms with E-state index in [-0.39, 0.29) is 5.56 Å². The number of esters is 1. The zero-order valence-corrected chi connectivity index (χ0v) is 15.5. The van der Waals surface area contributed by atoms with E-state index in [0.717, 1.165) is 0 Å². The van der Waals surface area contributed by atoms with E-state index in [2.05, 4.69) is 5.32 Å². The van der Waals surface area contributed by atoms with Crippen molar-refractivity contribution in [2.45, 2.75) is 20.0 Å². The van der Waals surface area contributed by atoms with Crippen molar-refractivity contribution < 1.29 is 23.8 Å². The number of halogens is 1. The number of carbonyl (C=O) groups excluding carboxylic acids is 2. The van der Waals surface area contributed by atoms with Crippen LogP contribution in [-0.2, 0) is 9.53 Å². The van der Waals surface area contributed by atoms with Gasteiger partial charge in [-0.3, -0.25) is 4.79 Å². The summed E-state index contributed by atoms with van der Waals surface area (Å²) in [6.07, 6.45) is -0.987. The SMILES string of the molecule is CCOc1ccc(C(=O)O[C@H](C)C(=O)Nc2cccc(Cl)c2)cc1OC. The van der Waals surface area contributed by atoms with Crippen LogP contribution < -0.4 is 14.8 Å². The molecular formula is C19H20ClNO5. The van der Waals surface area contributed by atoms with E-state index in [0.29, 0.717) is 28.8 Å². The van der Waals surface area contributed by atoms with E-state index in [1.165, 1.54) is 20.1 Å². The topological polar surface area (TPSA) is 73.9 Å². The van der Waals surface area contributed by atoms with Gasteiger partial charge in [0.1, 0.15) is 0 Å². The number of hydrogen-bond acceptors (Lipinski definition) is 5. The summed E-state index contributed by atoms with van der Waals surface area (Å²) in [4.78, 5) is 24.5. The second-order valence-corrected chi connectivity index (χ2v) is 5.78. The Bertz CT molecular complexity index is 793. The lowest BCUT2D eigenvalue weighted by atomic mass is 10.2. The van der Waals surface area contributed by atoms with E-state index in [1.807, 2.05) is 6.92 Å². The summed E-state index contributed by atoms with van der Waals surface area (Å²) in [5.74, 6) is -0.158. The average Bonchev–Trinajstić information content (AvgIpc) is 2.62. The second kappa shape index (κ2) is 9.10. The molecule has 0 heterocycles. The summed E-state index contributed by atoms with van der Waals surface area (Å²) >= 11 is 5.88. The van der Waals surface area contributed by atoms with Gasteiger partial charge in [-0.05, 0) is 50.2 Å². The summed E-state index contributed by atoms with van der Waals surface area (Å²) in [5, 5.41) is 3.14. The number of nitrogens with one attached hydrogen (secondary N) is 1. The standard InChI is InChI=1S/C19H20ClNO5/c1-4-25-16-9-8-13(10-17(16)24-3)19(23)26-12(2)18(22)21-15-7-5-6-14(20)11-15/h5-12H,4H2,1-3H3,(H,21,22)/t12-/m1/s1. The molecule has 26 heavy (non-hydrogen) atoms. The Hall–Kier alpha value is -2.73. The molecule has 7 heteroatoms. The van der Waals surface area contributed by atoms with Crippen molar-refractivity contribution in [3.8, 4) is 11.5 Å². The monoisotopic (exact) mass is 377 g/mol. The van der Waals surface area contributed by atoms with E-state index in [4.69, 9.17) is 25.8 Å². The van der Waals surface area contributed by atoms with Gasteiger partial charge in [0.05, 0.1) is 19.3 Å². The lowest BCUT2D eigenvalue weighted by molar-refractivity contribution is -0.123. The third-order valence-electron chi connectivity index (χ3n) is 3.44. The Kier molecular flexibility index (Phi) is 6.86. The Morgan fingerprint density at radius 3 is 2.58 bits per heavy atom. The zero-order valence-electron chi connectivity index (χ0n) is 14.7. The number of hydrogen-bond donors (Lipinski definition) is 1. The fourth-order valence-corrected chi connectivity index (χ4v) is 2.35. The maximum atomic E-state index is 12.3. The highest BCUT2D eigenvalue weighted by Gasteiger charge is 2.20. The Morgan fingerprint density at radius 2 is 1.92 bits per heavy atom. The van der Waals surface area contributed by atoms with Crippen LogP contribution in [0, 0.1) is 0 Å². The molecule has 0 aliphatic carbocycles. The molecule has 2 aromatic carbocycles. The Balaban J connectivity index is 2.02. The third kappa shape index (κ3) is 5.13. The smallest absolute Gasteiger partial charge is 0.339 e. The first kappa shape index (κ1) is 19.6. The van der Waals surface area contributed by atoms with Crippen LogP contribution in [0.4, 0.5) is 5.69 Å². The highest BCUT2D eigenvalue weighted by Crippen LogP contribution is 2.28. The third-order valence-corrected chi connectivity index (χ3v) is 3.68. The molecule has 1 atom stereocenters. The van der Waals surface area contributed by atoms with Crippen molar-refractivity contribution in [3.63, 3.8) is 0 Å². The molecule has 1 amide bonds. The number of anilines is 1. The highest BCUT2D eigenvalue weighted by atomic mass is 35.5. The number of amides is 1. The van der Waals surface area contributed by atoms with Gasteiger partial charge in [0.25, 0.3) is 5.91 Å². The minimum absolute atomic E-state index is 0.257. The van der Waals surface area contributed by atoms with Gasteiger partial charge in [-0.25, -0.2) is 4.79 Å². The van der Waals surface area contributed by atoms with E-state index in [9.17, 15) is 9.59 Å². The van der Waals surface area contributed by atoms with E-state index in [1.54, 1.807) is 36.4 Å². The number of methoxy groups -OCH3 is 1. The first-order chi connectivity index (χ1) is 12.4. The summed E-state index contributed by atoms with van der Waals surface area (Å²) in [6.45, 7) is 3.81. The summed E-state index contributed by atoms with van der Waals surface area (Å²) < 4.78 is 15.8. The first-order valence-corrected chi connectivity index (χ1v) is 8.40. The summed E-state index contributed by atoms with van der Waals surface area (Å²) in [6, 6.07) is 11.4. The molecule has 0 radical (unpaired) electrons. The molecular weight excluding hydrogens is 358 g/mol. The lowest BCUT2D eigenvalue weighted by Crippen LogP contribution is -2.30. The van der Waals surface area contributed by atoms with Gasteiger partial charge in [0.2, 0.25) is 0 Å². The Labute approximate surface area is 157 Å². The van der Waals surface area contributed by atoms with Gasteiger partial charge in [-0.1, -0.05) is 17.7 Å². The Morgan fingerprint density at radius 1 is 1.15 bits per heavy atom. The minimum atomic E-state index is -0.987. The molecule has 0 aromatic heterocycles. The second-order valence-electron chi connectivity index (χ2n) is 5.35. The molecule has 0 spiro atoms. The molecule has 1 N–H and O–H groups in total. The van der Waals surface area contributed by atoms with E-state index < -0.39 is 18.0 Å². The molecule has 0 saturated heterocycles. The van der Waals surface area contributed by atoms with Crippen LogP contribution in [0.15, 0.2) is 42.5 Å². The predicted molar refractivity (Wildman–Crippen MR) is 99.1 cm³/mol. The van der Waals surface area contributed by atoms with Crippen LogP contribution in [0.1, 0.15) is 24.2 Å². The number of ether oxygens (including phenoxy) is 3. The molecule has 2 aromatic rings. The molecule has 0 bridgehead atoms. The van der Waals surface area contributed by atoms with Crippen LogP contribution in [0.2, 0.25) is 5.02 Å². The molecule has 0 aliphatic rings. The lowest BCUT2D eigenvalue weighted by Gasteiger charge is -2.15. The summed E-state index contributed by atoms with van der Waals surface area (Å²) in [5.41, 5.74) is 0.779. The molecule has 2 rings (SSSR count). The normalized spacial score (nSPS) is 11.4. The van der Waals surface area contributed by atoms with E-state index >= 15 is 0 Å². The molecule has 6 nitrogen and oxygen atoms in total. The van der Waals surface area contributed by atoms with Crippen molar-refractivity contribution in [2.75, 3.05) is 19.0 Å². The molecule has 0 saturated carbocycles. The van der Waals surface area contributed by atoms with Crippen molar-refractivity contribution in [2.24, 2.45) is 0 Å². The van der Waals surface area contributed by atoms with Gasteiger partial charge < -0.3 is 19.5 Å².